The third kappa shape index (κ3) is 5.30. The van der Waals surface area contributed by atoms with E-state index >= 15 is 0 Å². The van der Waals surface area contributed by atoms with E-state index < -0.39 is 15.4 Å². The molecule has 0 saturated carbocycles. The van der Waals surface area contributed by atoms with Crippen LogP contribution in [0.15, 0.2) is 50.5 Å². The Balaban J connectivity index is 1.56. The standard InChI is InChI=1S/C24H26N2O6S2/c1-24(2,3)21(27)15-22-25-23(28)20(33-22)14-17-6-9-19(32-17)16-4-7-18(8-5-16)34(29,30)26-10-12-31-13-11-26/h4-9,14-15H,10-13H2,1-3H3,(H,25,28)/b20-14+,22-15+. The summed E-state index contributed by atoms with van der Waals surface area (Å²) in [6, 6.07) is 10.00. The maximum atomic E-state index is 12.8. The average molecular weight is 503 g/mol. The molecular weight excluding hydrogens is 476 g/mol. The molecule has 1 N–H and O–H groups in total. The molecule has 34 heavy (non-hydrogen) atoms. The Labute approximate surface area is 201 Å². The van der Waals surface area contributed by atoms with Crippen molar-refractivity contribution in [3.8, 4) is 11.3 Å². The summed E-state index contributed by atoms with van der Waals surface area (Å²) in [4.78, 5) is 27.4. The molecule has 0 spiro atoms. The number of morpholine rings is 1. The average Bonchev–Trinajstić information content (AvgIpc) is 3.40. The van der Waals surface area contributed by atoms with Gasteiger partial charge in [0.05, 0.1) is 27.3 Å². The smallest absolute Gasteiger partial charge is 0.266 e. The number of aromatic amines is 1. The van der Waals surface area contributed by atoms with Gasteiger partial charge < -0.3 is 14.1 Å². The van der Waals surface area contributed by atoms with Crippen LogP contribution >= 0.6 is 11.3 Å². The molecule has 1 aliphatic rings. The van der Waals surface area contributed by atoms with E-state index in [0.717, 1.165) is 0 Å². The number of aromatic nitrogens is 1. The molecule has 3 heterocycles. The monoisotopic (exact) mass is 502 g/mol. The third-order valence-corrected chi connectivity index (χ3v) is 8.20. The van der Waals surface area contributed by atoms with E-state index in [-0.39, 0.29) is 16.2 Å². The van der Waals surface area contributed by atoms with E-state index in [2.05, 4.69) is 4.98 Å². The van der Waals surface area contributed by atoms with Crippen molar-refractivity contribution in [2.45, 2.75) is 25.7 Å². The Bertz CT molecular complexity index is 1470. The van der Waals surface area contributed by atoms with Crippen LogP contribution in [0.4, 0.5) is 0 Å². The number of Topliss-reactive ketones (excluding diaryl/α,β-unsaturated/α-hetero) is 1. The summed E-state index contributed by atoms with van der Waals surface area (Å²) < 4.78 is 39.0. The number of benzene rings is 1. The first kappa shape index (κ1) is 24.3. The SMILES string of the molecule is CC(C)(C)C(=O)/C=c1\[nH]c(=O)/c(=C\c2ccc(-c3ccc(S(=O)(=O)N4CCOCC4)cc3)o2)s1. The molecule has 1 aromatic carbocycles. The van der Waals surface area contributed by atoms with E-state index in [4.69, 9.17) is 9.15 Å². The highest BCUT2D eigenvalue weighted by Crippen LogP contribution is 2.25. The number of ketones is 1. The number of hydrogen-bond donors (Lipinski definition) is 1. The minimum Gasteiger partial charge on any atom is -0.457 e. The summed E-state index contributed by atoms with van der Waals surface area (Å²) in [5, 5.41) is 0. The third-order valence-electron chi connectivity index (χ3n) is 5.33. The molecule has 4 rings (SSSR count). The number of ether oxygens (including phenoxy) is 1. The van der Waals surface area contributed by atoms with Gasteiger partial charge in [-0.05, 0) is 36.4 Å². The van der Waals surface area contributed by atoms with Crippen LogP contribution in [0, 0.1) is 5.41 Å². The molecular formula is C24H26N2O6S2. The lowest BCUT2D eigenvalue weighted by molar-refractivity contribution is -0.119. The molecule has 180 valence electrons. The molecule has 0 aliphatic carbocycles. The van der Waals surface area contributed by atoms with Gasteiger partial charge in [0.15, 0.2) is 5.78 Å². The van der Waals surface area contributed by atoms with Crippen molar-refractivity contribution in [2.24, 2.45) is 5.41 Å². The van der Waals surface area contributed by atoms with Crippen molar-refractivity contribution >= 4 is 39.3 Å². The number of furan rings is 1. The van der Waals surface area contributed by atoms with Crippen molar-refractivity contribution in [3.05, 3.63) is 61.7 Å². The van der Waals surface area contributed by atoms with Gasteiger partial charge in [-0.3, -0.25) is 9.59 Å². The Morgan fingerprint density at radius 3 is 2.41 bits per heavy atom. The maximum absolute atomic E-state index is 12.8. The molecule has 1 saturated heterocycles. The number of nitrogens with zero attached hydrogens (tertiary/aromatic N) is 1. The first-order chi connectivity index (χ1) is 16.0. The molecule has 0 atom stereocenters. The molecule has 10 heteroatoms. The highest BCUT2D eigenvalue weighted by atomic mass is 32.2. The summed E-state index contributed by atoms with van der Waals surface area (Å²) in [5.74, 6) is 0.946. The molecule has 2 aromatic heterocycles. The Hall–Kier alpha value is -2.79. The van der Waals surface area contributed by atoms with Crippen molar-refractivity contribution in [1.82, 2.24) is 9.29 Å². The summed E-state index contributed by atoms with van der Waals surface area (Å²) in [6.45, 7) is 6.92. The Kier molecular flexibility index (Phi) is 6.77. The Morgan fingerprint density at radius 2 is 1.76 bits per heavy atom. The molecule has 0 radical (unpaired) electrons. The lowest BCUT2D eigenvalue weighted by atomic mass is 9.91. The number of carbonyl (C=O) groups is 1. The fraction of sp³-hybridized carbons (Fsp3) is 0.333. The number of hydrogen-bond acceptors (Lipinski definition) is 7. The van der Waals surface area contributed by atoms with Gasteiger partial charge >= 0.3 is 0 Å². The first-order valence-electron chi connectivity index (χ1n) is 10.8. The molecule has 1 fully saturated rings. The van der Waals surface area contributed by atoms with Crippen LogP contribution in [-0.2, 0) is 19.6 Å². The second kappa shape index (κ2) is 9.46. The molecule has 3 aromatic rings. The lowest BCUT2D eigenvalue weighted by Crippen LogP contribution is -2.40. The predicted molar refractivity (Wildman–Crippen MR) is 130 cm³/mol. The minimum atomic E-state index is -3.56. The van der Waals surface area contributed by atoms with Crippen LogP contribution in [0.1, 0.15) is 26.5 Å². The molecule has 1 aliphatic heterocycles. The first-order valence-corrected chi connectivity index (χ1v) is 13.0. The highest BCUT2D eigenvalue weighted by Gasteiger charge is 2.26. The maximum Gasteiger partial charge on any atom is 0.266 e. The van der Waals surface area contributed by atoms with E-state index in [1.54, 1.807) is 42.5 Å². The number of rotatable bonds is 5. The number of nitrogens with one attached hydrogen (secondary N) is 1. The highest BCUT2D eigenvalue weighted by molar-refractivity contribution is 7.89. The van der Waals surface area contributed by atoms with E-state index in [1.165, 1.54) is 21.7 Å². The van der Waals surface area contributed by atoms with E-state index in [1.807, 2.05) is 20.8 Å². The van der Waals surface area contributed by atoms with E-state index in [0.29, 0.717) is 52.6 Å². The molecule has 0 amide bonds. The number of thiazole rings is 1. The van der Waals surface area contributed by atoms with Crippen LogP contribution in [0.3, 0.4) is 0 Å². The van der Waals surface area contributed by atoms with E-state index in [9.17, 15) is 18.0 Å². The Morgan fingerprint density at radius 1 is 1.09 bits per heavy atom. The van der Waals surface area contributed by atoms with Gasteiger partial charge in [-0.2, -0.15) is 4.31 Å². The fourth-order valence-corrected chi connectivity index (χ4v) is 5.58. The lowest BCUT2D eigenvalue weighted by Gasteiger charge is -2.26. The number of carbonyl (C=O) groups excluding carboxylic acids is 1. The summed E-state index contributed by atoms with van der Waals surface area (Å²) in [7, 11) is -3.56. The second-order valence-electron chi connectivity index (χ2n) is 8.93. The van der Waals surface area contributed by atoms with Gasteiger partial charge in [0.1, 0.15) is 11.5 Å². The molecule has 0 bridgehead atoms. The van der Waals surface area contributed by atoms with Gasteiger partial charge in [-0.25, -0.2) is 8.42 Å². The van der Waals surface area contributed by atoms with Crippen molar-refractivity contribution in [2.75, 3.05) is 26.3 Å². The van der Waals surface area contributed by atoms with Crippen LogP contribution in [0.25, 0.3) is 23.5 Å². The quantitative estimate of drug-likeness (QED) is 0.571. The summed E-state index contributed by atoms with van der Waals surface area (Å²) in [6.07, 6.45) is 3.06. The zero-order chi connectivity index (χ0) is 24.5. The fourth-order valence-electron chi connectivity index (χ4n) is 3.30. The topological polar surface area (TPSA) is 110 Å². The predicted octanol–water partition coefficient (Wildman–Crippen LogP) is 1.94. The normalized spacial score (nSPS) is 16.8. The second-order valence-corrected chi connectivity index (χ2v) is 12.0. The van der Waals surface area contributed by atoms with Crippen LogP contribution in [-0.4, -0.2) is 49.8 Å². The zero-order valence-electron chi connectivity index (χ0n) is 19.2. The van der Waals surface area contributed by atoms with Crippen molar-refractivity contribution < 1.29 is 22.4 Å². The van der Waals surface area contributed by atoms with Crippen LogP contribution < -0.4 is 14.8 Å². The molecule has 0 unspecified atom stereocenters. The summed E-state index contributed by atoms with van der Waals surface area (Å²) in [5.41, 5.74) is -0.114. The van der Waals surface area contributed by atoms with Gasteiger partial charge in [0, 0.05) is 36.2 Å². The summed E-state index contributed by atoms with van der Waals surface area (Å²) >= 11 is 1.18. The van der Waals surface area contributed by atoms with Gasteiger partial charge in [0.2, 0.25) is 10.0 Å². The van der Waals surface area contributed by atoms with Gasteiger partial charge in [0.25, 0.3) is 5.56 Å². The van der Waals surface area contributed by atoms with Crippen molar-refractivity contribution in [1.29, 1.82) is 0 Å². The number of H-pyrrole nitrogens is 1. The van der Waals surface area contributed by atoms with Crippen molar-refractivity contribution in [3.63, 3.8) is 0 Å². The molecule has 8 nitrogen and oxygen atoms in total. The van der Waals surface area contributed by atoms with Gasteiger partial charge in [-0.15, -0.1) is 11.3 Å². The van der Waals surface area contributed by atoms with Crippen LogP contribution in [0.5, 0.6) is 0 Å². The number of sulfonamides is 1. The minimum absolute atomic E-state index is 0.0732. The largest absolute Gasteiger partial charge is 0.457 e. The van der Waals surface area contributed by atoms with Gasteiger partial charge in [-0.1, -0.05) is 20.8 Å². The zero-order valence-corrected chi connectivity index (χ0v) is 20.8. The van der Waals surface area contributed by atoms with Crippen LogP contribution in [0.2, 0.25) is 0 Å².